The molecule has 8 aromatic rings. The second-order valence-electron chi connectivity index (χ2n) is 10.9. The van der Waals surface area contributed by atoms with E-state index in [0.29, 0.717) is 10.9 Å². The lowest BCUT2D eigenvalue weighted by Gasteiger charge is -2.11. The molecule has 0 aromatic heterocycles. The van der Waals surface area contributed by atoms with Crippen molar-refractivity contribution in [1.29, 1.82) is 0 Å². The highest BCUT2D eigenvalue weighted by atomic mass is 79.9. The molecule has 0 radical (unpaired) electrons. The minimum atomic E-state index is -1.53. The molecule has 0 atom stereocenters. The summed E-state index contributed by atoms with van der Waals surface area (Å²) in [6, 6.07) is 40.3. The fraction of sp³-hybridized carbons (Fsp3) is 0. The van der Waals surface area contributed by atoms with E-state index in [2.05, 4.69) is 92.5 Å². The van der Waals surface area contributed by atoms with E-state index in [0.717, 1.165) is 41.3 Å². The highest BCUT2D eigenvalue weighted by Crippen LogP contribution is 2.35. The Kier molecular flexibility index (Phi) is 7.67. The quantitative estimate of drug-likeness (QED) is 0.114. The molecule has 0 aliphatic heterocycles. The van der Waals surface area contributed by atoms with Crippen molar-refractivity contribution in [3.8, 4) is 0 Å². The summed E-state index contributed by atoms with van der Waals surface area (Å²) in [5.41, 5.74) is 0.843. The average molecular weight is 702 g/mol. The van der Waals surface area contributed by atoms with Crippen LogP contribution in [0.15, 0.2) is 130 Å². The van der Waals surface area contributed by atoms with Crippen molar-refractivity contribution >= 4 is 122 Å². The average Bonchev–Trinajstić information content (AvgIpc) is 3.03. The van der Waals surface area contributed by atoms with Crippen LogP contribution in [0.25, 0.3) is 64.6 Å². The Balaban J connectivity index is 0.000000144. The van der Waals surface area contributed by atoms with Gasteiger partial charge < -0.3 is 20.1 Å². The SMILES string of the molecule is Brc1ccc2ccc3ccc4ccc(Br)cc4c3c2c1.OB(O)c1ccc2ccc3ccc4ccc(B(O)O)cc4c3c2c1. The van der Waals surface area contributed by atoms with E-state index < -0.39 is 14.2 Å². The third-order valence-corrected chi connectivity index (χ3v) is 9.19. The van der Waals surface area contributed by atoms with Crippen molar-refractivity contribution in [2.75, 3.05) is 0 Å². The van der Waals surface area contributed by atoms with Crippen molar-refractivity contribution in [2.45, 2.75) is 0 Å². The highest BCUT2D eigenvalue weighted by Gasteiger charge is 2.15. The number of hydrogen-bond acceptors (Lipinski definition) is 4. The minimum absolute atomic E-state index is 0.422. The Bertz CT molecular complexity index is 2230. The molecule has 4 nitrogen and oxygen atoms in total. The third-order valence-electron chi connectivity index (χ3n) is 8.21. The van der Waals surface area contributed by atoms with E-state index in [4.69, 9.17) is 0 Å². The predicted molar refractivity (Wildman–Crippen MR) is 193 cm³/mol. The van der Waals surface area contributed by atoms with E-state index in [1.165, 1.54) is 32.3 Å². The third kappa shape index (κ3) is 5.28. The zero-order valence-corrected chi connectivity index (χ0v) is 26.4. The van der Waals surface area contributed by atoms with Gasteiger partial charge in [0.25, 0.3) is 0 Å². The standard InChI is InChI=1S/C18H14B2O4.C18H10Br2/c21-19(22)14-7-5-11-1-3-13-4-2-12-6-8-15(20(23)24)10-17(12)18(13)16(11)9-14;19-14-7-5-11-1-3-13-4-2-12-6-8-15(20)10-17(12)18(13)16(11)9-14/h1-10,21-24H;1-10H. The van der Waals surface area contributed by atoms with Crippen LogP contribution in [0.3, 0.4) is 0 Å². The van der Waals surface area contributed by atoms with E-state index in [-0.39, 0.29) is 0 Å². The molecule has 4 N–H and O–H groups in total. The summed E-state index contributed by atoms with van der Waals surface area (Å²) in [5.74, 6) is 0. The molecule has 0 unspecified atom stereocenters. The lowest BCUT2D eigenvalue weighted by molar-refractivity contribution is 0.424. The Morgan fingerprint density at radius 3 is 0.955 bits per heavy atom. The molecule has 0 saturated heterocycles. The van der Waals surface area contributed by atoms with Crippen molar-refractivity contribution < 1.29 is 20.1 Å². The summed E-state index contributed by atoms with van der Waals surface area (Å²) in [7, 11) is -3.07. The first-order valence-corrected chi connectivity index (χ1v) is 15.7. The number of halogens is 2. The summed E-state index contributed by atoms with van der Waals surface area (Å²) >= 11 is 7.17. The van der Waals surface area contributed by atoms with Gasteiger partial charge in [0.2, 0.25) is 0 Å². The molecule has 0 spiro atoms. The van der Waals surface area contributed by atoms with Crippen LogP contribution in [0.5, 0.6) is 0 Å². The van der Waals surface area contributed by atoms with Gasteiger partial charge in [-0.1, -0.05) is 129 Å². The van der Waals surface area contributed by atoms with Gasteiger partial charge in [-0.15, -0.1) is 0 Å². The predicted octanol–water partition coefficient (Wildman–Crippen LogP) is 7.18. The first kappa shape index (κ1) is 29.0. The van der Waals surface area contributed by atoms with Gasteiger partial charge in [-0.3, -0.25) is 0 Å². The summed E-state index contributed by atoms with van der Waals surface area (Å²) in [5, 5.41) is 51.3. The van der Waals surface area contributed by atoms with Crippen LogP contribution < -0.4 is 10.9 Å². The van der Waals surface area contributed by atoms with Gasteiger partial charge in [0.15, 0.2) is 0 Å². The van der Waals surface area contributed by atoms with Gasteiger partial charge >= 0.3 is 14.2 Å². The topological polar surface area (TPSA) is 80.9 Å². The number of fused-ring (bicyclic) bond motifs is 10. The molecular weight excluding hydrogens is 678 g/mol. The number of rotatable bonds is 2. The maximum Gasteiger partial charge on any atom is 0.488 e. The van der Waals surface area contributed by atoms with Crippen molar-refractivity contribution in [1.82, 2.24) is 0 Å². The van der Waals surface area contributed by atoms with Crippen LogP contribution >= 0.6 is 31.9 Å². The largest absolute Gasteiger partial charge is 0.488 e. The molecule has 0 bridgehead atoms. The van der Waals surface area contributed by atoms with Gasteiger partial charge in [0.05, 0.1) is 0 Å². The summed E-state index contributed by atoms with van der Waals surface area (Å²) in [6.07, 6.45) is 0. The van der Waals surface area contributed by atoms with Gasteiger partial charge in [-0.05, 0) is 99.8 Å². The summed E-state index contributed by atoms with van der Waals surface area (Å²) < 4.78 is 2.23. The van der Waals surface area contributed by atoms with Crippen LogP contribution in [-0.2, 0) is 0 Å². The summed E-state index contributed by atoms with van der Waals surface area (Å²) in [6.45, 7) is 0. The van der Waals surface area contributed by atoms with Gasteiger partial charge in [-0.25, -0.2) is 0 Å². The van der Waals surface area contributed by atoms with Crippen LogP contribution in [0, 0.1) is 0 Å². The molecular formula is C36H24B2Br2O4. The molecule has 0 fully saturated rings. The monoisotopic (exact) mass is 700 g/mol. The smallest absolute Gasteiger partial charge is 0.423 e. The zero-order valence-electron chi connectivity index (χ0n) is 23.2. The Hall–Kier alpha value is -3.75. The van der Waals surface area contributed by atoms with Gasteiger partial charge in [-0.2, -0.15) is 0 Å². The van der Waals surface area contributed by atoms with E-state index in [1.807, 2.05) is 36.4 Å². The highest BCUT2D eigenvalue weighted by molar-refractivity contribution is 9.10. The maximum atomic E-state index is 9.47. The Morgan fingerprint density at radius 1 is 0.341 bits per heavy atom. The maximum absolute atomic E-state index is 9.47. The number of hydrogen-bond donors (Lipinski definition) is 4. The van der Waals surface area contributed by atoms with Gasteiger partial charge in [0, 0.05) is 8.95 Å². The molecule has 0 heterocycles. The molecule has 44 heavy (non-hydrogen) atoms. The second kappa shape index (κ2) is 11.6. The van der Waals surface area contributed by atoms with Crippen molar-refractivity contribution in [2.24, 2.45) is 0 Å². The lowest BCUT2D eigenvalue weighted by atomic mass is 9.77. The molecule has 8 heteroatoms. The Morgan fingerprint density at radius 2 is 0.614 bits per heavy atom. The fourth-order valence-corrected chi connectivity index (χ4v) is 6.77. The van der Waals surface area contributed by atoms with Crippen LogP contribution in [0.2, 0.25) is 0 Å². The van der Waals surface area contributed by atoms with E-state index in [9.17, 15) is 20.1 Å². The first-order chi connectivity index (χ1) is 21.3. The lowest BCUT2D eigenvalue weighted by Crippen LogP contribution is -2.29. The van der Waals surface area contributed by atoms with Gasteiger partial charge in [0.1, 0.15) is 0 Å². The zero-order chi connectivity index (χ0) is 30.5. The molecule has 0 amide bonds. The Labute approximate surface area is 270 Å². The van der Waals surface area contributed by atoms with Crippen LogP contribution in [-0.4, -0.2) is 34.3 Å². The number of benzene rings is 8. The molecule has 8 rings (SSSR count). The first-order valence-electron chi connectivity index (χ1n) is 14.1. The van der Waals surface area contributed by atoms with Crippen LogP contribution in [0.4, 0.5) is 0 Å². The summed E-state index contributed by atoms with van der Waals surface area (Å²) in [4.78, 5) is 0. The fourth-order valence-electron chi connectivity index (χ4n) is 6.05. The van der Waals surface area contributed by atoms with Crippen molar-refractivity contribution in [3.63, 3.8) is 0 Å². The second-order valence-corrected chi connectivity index (χ2v) is 12.7. The molecule has 0 aliphatic carbocycles. The normalized spacial score (nSPS) is 11.4. The van der Waals surface area contributed by atoms with E-state index in [1.54, 1.807) is 24.3 Å². The van der Waals surface area contributed by atoms with Crippen LogP contribution in [0.1, 0.15) is 0 Å². The molecule has 8 aromatic carbocycles. The van der Waals surface area contributed by atoms with Crippen molar-refractivity contribution in [3.05, 3.63) is 130 Å². The molecule has 0 aliphatic rings. The van der Waals surface area contributed by atoms with E-state index >= 15 is 0 Å². The molecule has 0 saturated carbocycles. The molecule has 212 valence electrons. The minimum Gasteiger partial charge on any atom is -0.423 e.